The molecule has 29 heavy (non-hydrogen) atoms. The van der Waals surface area contributed by atoms with Crippen molar-refractivity contribution in [2.45, 2.75) is 39.3 Å². The maximum atomic E-state index is 14.0. The number of aromatic nitrogens is 2. The SMILES string of the molecule is CCCOc1ncccc1CN=C(NCC)NC1CCN(c2ncccc2F)C1. The Bertz CT molecular complexity index is 815. The fraction of sp³-hybridized carbons (Fsp3) is 0.476. The number of nitrogens with zero attached hydrogens (tertiary/aromatic N) is 4. The Labute approximate surface area is 171 Å². The third kappa shape index (κ3) is 5.79. The van der Waals surface area contributed by atoms with E-state index in [1.807, 2.05) is 24.0 Å². The van der Waals surface area contributed by atoms with Gasteiger partial charge in [-0.25, -0.2) is 19.4 Å². The minimum absolute atomic E-state index is 0.166. The van der Waals surface area contributed by atoms with E-state index in [1.54, 1.807) is 18.5 Å². The molecule has 1 saturated heterocycles. The van der Waals surface area contributed by atoms with Crippen LogP contribution >= 0.6 is 0 Å². The van der Waals surface area contributed by atoms with Crippen LogP contribution < -0.4 is 20.3 Å². The molecule has 0 saturated carbocycles. The second-order valence-corrected chi connectivity index (χ2v) is 6.90. The smallest absolute Gasteiger partial charge is 0.218 e. The molecule has 1 aliphatic rings. The molecular formula is C21H29FN6O. The number of halogens is 1. The fourth-order valence-electron chi connectivity index (χ4n) is 3.23. The number of guanidine groups is 1. The van der Waals surface area contributed by atoms with E-state index in [0.29, 0.717) is 31.4 Å². The Balaban J connectivity index is 1.63. The first-order valence-corrected chi connectivity index (χ1v) is 10.2. The van der Waals surface area contributed by atoms with E-state index in [4.69, 9.17) is 9.73 Å². The van der Waals surface area contributed by atoms with Crippen molar-refractivity contribution in [3.8, 4) is 5.88 Å². The molecule has 3 rings (SSSR count). The van der Waals surface area contributed by atoms with Crippen LogP contribution in [0.3, 0.4) is 0 Å². The molecule has 1 atom stereocenters. The summed E-state index contributed by atoms with van der Waals surface area (Å²) in [5, 5.41) is 6.73. The van der Waals surface area contributed by atoms with Crippen LogP contribution in [0.2, 0.25) is 0 Å². The molecule has 7 nitrogen and oxygen atoms in total. The fourth-order valence-corrected chi connectivity index (χ4v) is 3.23. The predicted octanol–water partition coefficient (Wildman–Crippen LogP) is 2.74. The molecule has 0 radical (unpaired) electrons. The molecule has 0 spiro atoms. The van der Waals surface area contributed by atoms with Gasteiger partial charge in [0.15, 0.2) is 17.6 Å². The number of rotatable bonds is 8. The van der Waals surface area contributed by atoms with Crippen LogP contribution in [0.25, 0.3) is 0 Å². The van der Waals surface area contributed by atoms with E-state index < -0.39 is 0 Å². The number of hydrogen-bond acceptors (Lipinski definition) is 5. The standard InChI is InChI=1S/C21H29FN6O/c1-3-13-29-20-16(7-5-11-25-20)14-26-21(23-4-2)27-17-9-12-28(15-17)19-18(22)8-6-10-24-19/h5-8,10-11,17H,3-4,9,12-15H2,1-2H3,(H2,23,26,27). The highest BCUT2D eigenvalue weighted by Gasteiger charge is 2.25. The van der Waals surface area contributed by atoms with Gasteiger partial charge in [-0.2, -0.15) is 0 Å². The summed E-state index contributed by atoms with van der Waals surface area (Å²) in [6, 6.07) is 7.09. The summed E-state index contributed by atoms with van der Waals surface area (Å²) >= 11 is 0. The highest BCUT2D eigenvalue weighted by molar-refractivity contribution is 5.80. The predicted molar refractivity (Wildman–Crippen MR) is 113 cm³/mol. The van der Waals surface area contributed by atoms with Gasteiger partial charge in [-0.3, -0.25) is 0 Å². The molecular weight excluding hydrogens is 371 g/mol. The molecule has 0 aliphatic carbocycles. The first-order valence-electron chi connectivity index (χ1n) is 10.2. The van der Waals surface area contributed by atoms with E-state index in [9.17, 15) is 4.39 Å². The number of pyridine rings is 2. The number of ether oxygens (including phenoxy) is 1. The van der Waals surface area contributed by atoms with E-state index >= 15 is 0 Å². The van der Waals surface area contributed by atoms with Crippen molar-refractivity contribution in [1.29, 1.82) is 0 Å². The van der Waals surface area contributed by atoms with Gasteiger partial charge >= 0.3 is 0 Å². The Morgan fingerprint density at radius 3 is 2.90 bits per heavy atom. The van der Waals surface area contributed by atoms with Crippen molar-refractivity contribution in [2.75, 3.05) is 31.1 Å². The summed E-state index contributed by atoms with van der Waals surface area (Å²) in [5.41, 5.74) is 0.946. The molecule has 3 heterocycles. The Morgan fingerprint density at radius 1 is 1.28 bits per heavy atom. The molecule has 0 aromatic carbocycles. The van der Waals surface area contributed by atoms with Crippen LogP contribution in [0, 0.1) is 5.82 Å². The van der Waals surface area contributed by atoms with Crippen molar-refractivity contribution >= 4 is 11.8 Å². The third-order valence-corrected chi connectivity index (χ3v) is 4.61. The summed E-state index contributed by atoms with van der Waals surface area (Å²) in [6.45, 7) is 7.38. The molecule has 8 heteroatoms. The van der Waals surface area contributed by atoms with Gasteiger partial charge in [0, 0.05) is 43.6 Å². The lowest BCUT2D eigenvalue weighted by molar-refractivity contribution is 0.302. The van der Waals surface area contributed by atoms with E-state index in [-0.39, 0.29) is 11.9 Å². The maximum Gasteiger partial charge on any atom is 0.218 e. The van der Waals surface area contributed by atoms with Gasteiger partial charge in [0.05, 0.1) is 13.2 Å². The van der Waals surface area contributed by atoms with Crippen molar-refractivity contribution in [1.82, 2.24) is 20.6 Å². The van der Waals surface area contributed by atoms with Gasteiger partial charge in [-0.1, -0.05) is 13.0 Å². The van der Waals surface area contributed by atoms with Crippen molar-refractivity contribution in [3.05, 3.63) is 48.0 Å². The summed E-state index contributed by atoms with van der Waals surface area (Å²) in [6.07, 6.45) is 5.17. The monoisotopic (exact) mass is 400 g/mol. The van der Waals surface area contributed by atoms with Crippen LogP contribution in [-0.4, -0.2) is 48.2 Å². The molecule has 1 fully saturated rings. The van der Waals surface area contributed by atoms with Crippen molar-refractivity contribution in [3.63, 3.8) is 0 Å². The minimum Gasteiger partial charge on any atom is -0.477 e. The van der Waals surface area contributed by atoms with E-state index in [0.717, 1.165) is 37.5 Å². The van der Waals surface area contributed by atoms with Gasteiger partial charge in [0.2, 0.25) is 5.88 Å². The van der Waals surface area contributed by atoms with Crippen LogP contribution in [0.5, 0.6) is 5.88 Å². The average Bonchev–Trinajstić information content (AvgIpc) is 3.20. The van der Waals surface area contributed by atoms with Crippen molar-refractivity contribution in [2.24, 2.45) is 4.99 Å². The van der Waals surface area contributed by atoms with E-state index in [1.165, 1.54) is 6.07 Å². The number of aliphatic imine (C=N–C) groups is 1. The molecule has 0 bridgehead atoms. The molecule has 0 amide bonds. The van der Waals surface area contributed by atoms with Crippen LogP contribution in [0.1, 0.15) is 32.3 Å². The minimum atomic E-state index is -0.287. The van der Waals surface area contributed by atoms with Gasteiger partial charge in [-0.05, 0) is 38.0 Å². The van der Waals surface area contributed by atoms with Gasteiger partial charge in [0.1, 0.15) is 0 Å². The van der Waals surface area contributed by atoms with Gasteiger partial charge in [-0.15, -0.1) is 0 Å². The summed E-state index contributed by atoms with van der Waals surface area (Å²) < 4.78 is 19.7. The maximum absolute atomic E-state index is 14.0. The Hall–Kier alpha value is -2.90. The molecule has 2 aromatic heterocycles. The summed E-state index contributed by atoms with van der Waals surface area (Å²) in [4.78, 5) is 15.2. The lowest BCUT2D eigenvalue weighted by Gasteiger charge is -2.20. The zero-order chi connectivity index (χ0) is 20.5. The zero-order valence-electron chi connectivity index (χ0n) is 17.1. The topological polar surface area (TPSA) is 74.7 Å². The zero-order valence-corrected chi connectivity index (χ0v) is 17.1. The van der Waals surface area contributed by atoms with E-state index in [2.05, 4.69) is 27.5 Å². The number of hydrogen-bond donors (Lipinski definition) is 2. The average molecular weight is 401 g/mol. The lowest BCUT2D eigenvalue weighted by Crippen LogP contribution is -2.44. The second-order valence-electron chi connectivity index (χ2n) is 6.90. The highest BCUT2D eigenvalue weighted by Crippen LogP contribution is 2.21. The first-order chi connectivity index (χ1) is 14.2. The molecule has 156 valence electrons. The molecule has 2 N–H and O–H groups in total. The first kappa shape index (κ1) is 20.8. The number of nitrogens with one attached hydrogen (secondary N) is 2. The van der Waals surface area contributed by atoms with Crippen LogP contribution in [0.4, 0.5) is 10.2 Å². The van der Waals surface area contributed by atoms with Gasteiger partial charge in [0.25, 0.3) is 0 Å². The molecule has 1 unspecified atom stereocenters. The highest BCUT2D eigenvalue weighted by atomic mass is 19.1. The summed E-state index contributed by atoms with van der Waals surface area (Å²) in [7, 11) is 0. The number of anilines is 1. The quantitative estimate of drug-likeness (QED) is 0.524. The van der Waals surface area contributed by atoms with Gasteiger partial charge < -0.3 is 20.3 Å². The normalized spacial score (nSPS) is 16.7. The molecule has 1 aliphatic heterocycles. The van der Waals surface area contributed by atoms with Crippen molar-refractivity contribution < 1.29 is 9.13 Å². The van der Waals surface area contributed by atoms with Crippen LogP contribution in [0.15, 0.2) is 41.7 Å². The van der Waals surface area contributed by atoms with Crippen LogP contribution in [-0.2, 0) is 6.54 Å². The lowest BCUT2D eigenvalue weighted by atomic mass is 10.2. The second kappa shape index (κ2) is 10.6. The Kier molecular flexibility index (Phi) is 7.61. The largest absolute Gasteiger partial charge is 0.477 e. The molecule has 2 aromatic rings. The Morgan fingerprint density at radius 2 is 2.10 bits per heavy atom. The summed E-state index contributed by atoms with van der Waals surface area (Å²) in [5.74, 6) is 1.48. The third-order valence-electron chi connectivity index (χ3n) is 4.61.